The highest BCUT2D eigenvalue weighted by molar-refractivity contribution is 5.90. The largest absolute Gasteiger partial charge is 0.453 e. The van der Waals surface area contributed by atoms with Crippen LogP contribution in [0.4, 0.5) is 4.79 Å². The summed E-state index contributed by atoms with van der Waals surface area (Å²) in [5.41, 5.74) is 2.59. The molecule has 2 aromatic rings. The van der Waals surface area contributed by atoms with Crippen LogP contribution in [0, 0.1) is 31.6 Å². The second kappa shape index (κ2) is 9.08. The topological polar surface area (TPSA) is 55.8 Å². The third-order valence-electron chi connectivity index (χ3n) is 6.57. The van der Waals surface area contributed by atoms with E-state index in [1.807, 2.05) is 56.3 Å². The summed E-state index contributed by atoms with van der Waals surface area (Å²) in [6.45, 7) is 4.56. The lowest BCUT2D eigenvalue weighted by Gasteiger charge is -2.42. The van der Waals surface area contributed by atoms with Crippen molar-refractivity contribution in [1.82, 2.24) is 4.90 Å². The van der Waals surface area contributed by atoms with E-state index in [-0.39, 0.29) is 24.0 Å². The van der Waals surface area contributed by atoms with E-state index in [0.717, 1.165) is 36.0 Å². The van der Waals surface area contributed by atoms with Gasteiger partial charge in [0, 0.05) is 24.1 Å². The van der Waals surface area contributed by atoms with E-state index < -0.39 is 5.60 Å². The first-order valence-electron chi connectivity index (χ1n) is 11.2. The highest BCUT2D eigenvalue weighted by atomic mass is 16.6. The third-order valence-corrected chi connectivity index (χ3v) is 6.57. The summed E-state index contributed by atoms with van der Waals surface area (Å²) >= 11 is 0. The van der Waals surface area contributed by atoms with Crippen LogP contribution in [0.1, 0.15) is 52.7 Å². The van der Waals surface area contributed by atoms with Gasteiger partial charge in [0.2, 0.25) is 0 Å². The number of aryl methyl sites for hydroxylation is 2. The second-order valence-corrected chi connectivity index (χ2v) is 8.79. The zero-order valence-electron chi connectivity index (χ0n) is 18.9. The van der Waals surface area contributed by atoms with Crippen LogP contribution in [0.15, 0.2) is 48.5 Å². The Morgan fingerprint density at radius 3 is 2.53 bits per heavy atom. The number of hydrogen-bond donors (Lipinski definition) is 0. The van der Waals surface area contributed by atoms with Gasteiger partial charge in [0.1, 0.15) is 0 Å². The predicted molar refractivity (Wildman–Crippen MR) is 122 cm³/mol. The number of esters is 1. The molecule has 1 aliphatic heterocycles. The van der Waals surface area contributed by atoms with Crippen molar-refractivity contribution < 1.29 is 19.1 Å². The highest BCUT2D eigenvalue weighted by Gasteiger charge is 2.53. The number of carbonyl (C=O) groups excluding carboxylic acids is 2. The maximum atomic E-state index is 13.2. The van der Waals surface area contributed by atoms with Crippen molar-refractivity contribution in [2.24, 2.45) is 5.92 Å². The molecule has 5 heteroatoms. The number of methoxy groups -OCH3 is 1. The van der Waals surface area contributed by atoms with Crippen molar-refractivity contribution in [2.45, 2.75) is 51.2 Å². The Bertz CT molecular complexity index is 1080. The van der Waals surface area contributed by atoms with Gasteiger partial charge in [0.15, 0.2) is 5.60 Å². The Morgan fingerprint density at radius 1 is 1.06 bits per heavy atom. The highest BCUT2D eigenvalue weighted by Crippen LogP contribution is 2.45. The Morgan fingerprint density at radius 2 is 1.81 bits per heavy atom. The average molecular weight is 432 g/mol. The molecule has 0 bridgehead atoms. The molecule has 0 radical (unpaired) electrons. The number of ether oxygens (including phenoxy) is 2. The number of fused-ring (bicyclic) bond motifs is 1. The van der Waals surface area contributed by atoms with Gasteiger partial charge < -0.3 is 14.4 Å². The molecule has 0 N–H and O–H groups in total. The number of rotatable bonds is 2. The zero-order chi connectivity index (χ0) is 22.7. The summed E-state index contributed by atoms with van der Waals surface area (Å²) in [4.78, 5) is 27.3. The summed E-state index contributed by atoms with van der Waals surface area (Å²) in [5.74, 6) is 6.22. The third kappa shape index (κ3) is 4.36. The molecule has 1 saturated heterocycles. The lowest BCUT2D eigenvalue weighted by molar-refractivity contribution is -0.0445. The molecule has 1 aliphatic carbocycles. The van der Waals surface area contributed by atoms with Crippen LogP contribution < -0.4 is 0 Å². The van der Waals surface area contributed by atoms with Crippen molar-refractivity contribution >= 4 is 12.1 Å². The van der Waals surface area contributed by atoms with E-state index in [4.69, 9.17) is 9.47 Å². The summed E-state index contributed by atoms with van der Waals surface area (Å²) in [6, 6.07) is 15.4. The fourth-order valence-electron chi connectivity index (χ4n) is 5.06. The maximum Gasteiger partial charge on any atom is 0.409 e. The SMILES string of the molecule is COC(=O)N1CC[C@@H]2[C@H]1CCC[C@]2(C#Cc1cccc(C)c1)OC(=O)c1cccc(C)c1. The molecule has 0 aromatic heterocycles. The van der Waals surface area contributed by atoms with Gasteiger partial charge in [-0.05, 0) is 75.3 Å². The molecule has 0 spiro atoms. The van der Waals surface area contributed by atoms with E-state index >= 15 is 0 Å². The van der Waals surface area contributed by atoms with E-state index in [2.05, 4.69) is 11.8 Å². The van der Waals surface area contributed by atoms with Gasteiger partial charge >= 0.3 is 12.1 Å². The molecule has 32 heavy (non-hydrogen) atoms. The van der Waals surface area contributed by atoms with Gasteiger partial charge in [-0.15, -0.1) is 0 Å². The molecule has 4 rings (SSSR count). The Labute approximate surface area is 189 Å². The smallest absolute Gasteiger partial charge is 0.409 e. The number of amides is 1. The van der Waals surface area contributed by atoms with E-state index in [1.165, 1.54) is 7.11 Å². The molecule has 5 nitrogen and oxygen atoms in total. The number of likely N-dealkylation sites (tertiary alicyclic amines) is 1. The number of benzene rings is 2. The lowest BCUT2D eigenvalue weighted by Crippen LogP contribution is -2.51. The van der Waals surface area contributed by atoms with Crippen LogP contribution in [-0.4, -0.2) is 42.3 Å². The van der Waals surface area contributed by atoms with Gasteiger partial charge in [-0.2, -0.15) is 0 Å². The first kappa shape index (κ1) is 22.0. The minimum Gasteiger partial charge on any atom is -0.453 e. The fraction of sp³-hybridized carbons (Fsp3) is 0.407. The molecule has 1 amide bonds. The normalized spacial score (nSPS) is 24.2. The van der Waals surface area contributed by atoms with E-state index in [1.54, 1.807) is 11.0 Å². The number of carbonyl (C=O) groups is 2. The van der Waals surface area contributed by atoms with Crippen LogP contribution in [0.25, 0.3) is 0 Å². The zero-order valence-corrected chi connectivity index (χ0v) is 18.9. The van der Waals surface area contributed by atoms with Gasteiger partial charge in [-0.25, -0.2) is 9.59 Å². The molecule has 0 unspecified atom stereocenters. The molecular weight excluding hydrogens is 402 g/mol. The minimum atomic E-state index is -0.948. The van der Waals surface area contributed by atoms with Gasteiger partial charge in [-0.1, -0.05) is 35.7 Å². The van der Waals surface area contributed by atoms with Crippen LogP contribution >= 0.6 is 0 Å². The number of hydrogen-bond acceptors (Lipinski definition) is 4. The molecule has 2 fully saturated rings. The van der Waals surface area contributed by atoms with Crippen molar-refractivity contribution in [3.05, 3.63) is 70.8 Å². The lowest BCUT2D eigenvalue weighted by atomic mass is 9.72. The van der Waals surface area contributed by atoms with Crippen LogP contribution in [0.2, 0.25) is 0 Å². The maximum absolute atomic E-state index is 13.2. The summed E-state index contributed by atoms with van der Waals surface area (Å²) in [6.07, 6.45) is 2.72. The van der Waals surface area contributed by atoms with Crippen molar-refractivity contribution in [1.29, 1.82) is 0 Å². The Kier molecular flexibility index (Phi) is 6.23. The van der Waals surface area contributed by atoms with Crippen molar-refractivity contribution in [2.75, 3.05) is 13.7 Å². The first-order chi connectivity index (χ1) is 15.4. The molecule has 2 aromatic carbocycles. The Balaban J connectivity index is 1.71. The molecule has 1 saturated carbocycles. The minimum absolute atomic E-state index is 0.0479. The van der Waals surface area contributed by atoms with Crippen LogP contribution in [0.5, 0.6) is 0 Å². The monoisotopic (exact) mass is 431 g/mol. The summed E-state index contributed by atoms with van der Waals surface area (Å²) in [7, 11) is 1.40. The average Bonchev–Trinajstić information content (AvgIpc) is 3.23. The summed E-state index contributed by atoms with van der Waals surface area (Å²) in [5, 5.41) is 0. The van der Waals surface area contributed by atoms with Crippen molar-refractivity contribution in [3.8, 4) is 11.8 Å². The Hall–Kier alpha value is -3.26. The van der Waals surface area contributed by atoms with Crippen LogP contribution in [0.3, 0.4) is 0 Å². The molecule has 166 valence electrons. The quantitative estimate of drug-likeness (QED) is 0.502. The first-order valence-corrected chi connectivity index (χ1v) is 11.2. The van der Waals surface area contributed by atoms with E-state index in [0.29, 0.717) is 18.5 Å². The fourth-order valence-corrected chi connectivity index (χ4v) is 5.06. The summed E-state index contributed by atoms with van der Waals surface area (Å²) < 4.78 is 11.3. The molecular formula is C27H29NO4. The molecule has 1 heterocycles. The van der Waals surface area contributed by atoms with E-state index in [9.17, 15) is 9.59 Å². The molecule has 2 aliphatic rings. The van der Waals surface area contributed by atoms with Gasteiger partial charge in [-0.3, -0.25) is 0 Å². The number of nitrogens with zero attached hydrogens (tertiary/aromatic N) is 1. The second-order valence-electron chi connectivity index (χ2n) is 8.79. The predicted octanol–water partition coefficient (Wildman–Crippen LogP) is 4.89. The van der Waals surface area contributed by atoms with Gasteiger partial charge in [0.05, 0.1) is 12.7 Å². The standard InChI is InChI=1S/C27H29NO4/c1-19-7-4-9-21(17-19)12-15-27(32-25(29)22-10-5-8-20(2)18-22)14-6-11-24-23(27)13-16-28(24)26(30)31-3/h4-5,7-10,17-18,23-24H,6,11,13-14,16H2,1-3H3/t23-,24-,27-/m1/s1. The van der Waals surface area contributed by atoms with Crippen LogP contribution in [-0.2, 0) is 9.47 Å². The molecule has 3 atom stereocenters. The van der Waals surface area contributed by atoms with Gasteiger partial charge in [0.25, 0.3) is 0 Å². The van der Waals surface area contributed by atoms with Crippen molar-refractivity contribution in [3.63, 3.8) is 0 Å².